The van der Waals surface area contributed by atoms with Gasteiger partial charge in [-0.25, -0.2) is 0 Å². The monoisotopic (exact) mass is 387 g/mol. The number of benzene rings is 2. The SMILES string of the molecule is O=C1C[C@@H](C(=O)NCc2cccc(Cl)c2)[C@H](c2ccc3c(c2)OCCO3)O1. The molecule has 2 aromatic carbocycles. The van der Waals surface area contributed by atoms with Crippen LogP contribution in [0, 0.1) is 5.92 Å². The summed E-state index contributed by atoms with van der Waals surface area (Å²) in [5, 5.41) is 3.47. The summed E-state index contributed by atoms with van der Waals surface area (Å²) in [6.45, 7) is 1.29. The van der Waals surface area contributed by atoms with Crippen LogP contribution < -0.4 is 14.8 Å². The summed E-state index contributed by atoms with van der Waals surface area (Å²) < 4.78 is 16.5. The van der Waals surface area contributed by atoms with Gasteiger partial charge in [0.1, 0.15) is 19.3 Å². The molecule has 2 atom stereocenters. The van der Waals surface area contributed by atoms with Crippen LogP contribution in [0.2, 0.25) is 5.02 Å². The van der Waals surface area contributed by atoms with Crippen LogP contribution in [-0.2, 0) is 20.9 Å². The predicted octanol–water partition coefficient (Wildman–Crippen LogP) is 3.03. The molecule has 1 amide bonds. The standard InChI is InChI=1S/C20H18ClNO5/c21-14-3-1-2-12(8-14)11-22-20(24)15-10-18(23)27-19(15)13-4-5-16-17(9-13)26-7-6-25-16/h1-5,8-9,15,19H,6-7,10-11H2,(H,22,24)/t15-,19+/m1/s1. The van der Waals surface area contributed by atoms with Crippen molar-refractivity contribution in [3.8, 4) is 11.5 Å². The number of rotatable bonds is 4. The smallest absolute Gasteiger partial charge is 0.307 e. The van der Waals surface area contributed by atoms with Crippen LogP contribution in [0.1, 0.15) is 23.7 Å². The highest BCUT2D eigenvalue weighted by atomic mass is 35.5. The molecular formula is C20H18ClNO5. The summed E-state index contributed by atoms with van der Waals surface area (Å²) in [4.78, 5) is 24.6. The van der Waals surface area contributed by atoms with E-state index in [0.29, 0.717) is 41.8 Å². The zero-order chi connectivity index (χ0) is 18.8. The lowest BCUT2D eigenvalue weighted by Crippen LogP contribution is -2.32. The number of esters is 1. The molecule has 0 aromatic heterocycles. The molecule has 27 heavy (non-hydrogen) atoms. The molecule has 0 spiro atoms. The first-order valence-electron chi connectivity index (χ1n) is 8.71. The van der Waals surface area contributed by atoms with Crippen molar-refractivity contribution in [1.29, 1.82) is 0 Å². The molecule has 0 unspecified atom stereocenters. The Morgan fingerprint density at radius 1 is 1.11 bits per heavy atom. The molecule has 1 fully saturated rings. The van der Waals surface area contributed by atoms with Crippen molar-refractivity contribution in [2.24, 2.45) is 5.92 Å². The molecule has 4 rings (SSSR count). The van der Waals surface area contributed by atoms with Crippen LogP contribution >= 0.6 is 11.6 Å². The molecular weight excluding hydrogens is 370 g/mol. The Morgan fingerprint density at radius 3 is 2.74 bits per heavy atom. The number of hydrogen-bond acceptors (Lipinski definition) is 5. The van der Waals surface area contributed by atoms with Crippen molar-refractivity contribution in [2.45, 2.75) is 19.1 Å². The van der Waals surface area contributed by atoms with Crippen molar-refractivity contribution in [3.05, 3.63) is 58.6 Å². The maximum Gasteiger partial charge on any atom is 0.307 e. The first-order valence-corrected chi connectivity index (χ1v) is 9.09. The first-order chi connectivity index (χ1) is 13.1. The molecule has 0 saturated carbocycles. The van der Waals surface area contributed by atoms with Gasteiger partial charge in [0.05, 0.1) is 12.3 Å². The topological polar surface area (TPSA) is 73.9 Å². The molecule has 1 N–H and O–H groups in total. The van der Waals surface area contributed by atoms with Crippen molar-refractivity contribution >= 4 is 23.5 Å². The number of ether oxygens (including phenoxy) is 3. The summed E-state index contributed by atoms with van der Waals surface area (Å²) in [5.74, 6) is 0.0221. The summed E-state index contributed by atoms with van der Waals surface area (Å²) >= 11 is 5.97. The summed E-state index contributed by atoms with van der Waals surface area (Å²) in [6, 6.07) is 12.6. The second kappa shape index (κ2) is 7.48. The van der Waals surface area contributed by atoms with Crippen LogP contribution in [0.4, 0.5) is 0 Å². The molecule has 140 valence electrons. The van der Waals surface area contributed by atoms with Gasteiger partial charge >= 0.3 is 5.97 Å². The summed E-state index contributed by atoms with van der Waals surface area (Å²) in [6.07, 6.45) is -0.604. The minimum Gasteiger partial charge on any atom is -0.486 e. The maximum atomic E-state index is 12.7. The molecule has 0 aliphatic carbocycles. The normalized spacial score (nSPS) is 20.9. The van der Waals surface area contributed by atoms with E-state index in [-0.39, 0.29) is 12.3 Å². The number of halogens is 1. The Hall–Kier alpha value is -2.73. The molecule has 7 heteroatoms. The number of cyclic esters (lactones) is 1. The number of hydrogen-bond donors (Lipinski definition) is 1. The van der Waals surface area contributed by atoms with E-state index >= 15 is 0 Å². The van der Waals surface area contributed by atoms with Gasteiger partial charge in [0.2, 0.25) is 5.91 Å². The highest BCUT2D eigenvalue weighted by molar-refractivity contribution is 6.30. The molecule has 2 aromatic rings. The van der Waals surface area contributed by atoms with Gasteiger partial charge in [-0.15, -0.1) is 0 Å². The number of carbonyl (C=O) groups excluding carboxylic acids is 2. The van der Waals surface area contributed by atoms with Crippen LogP contribution in [0.25, 0.3) is 0 Å². The number of nitrogens with one attached hydrogen (secondary N) is 1. The lowest BCUT2D eigenvalue weighted by molar-refractivity contribution is -0.141. The van der Waals surface area contributed by atoms with Crippen LogP contribution in [-0.4, -0.2) is 25.1 Å². The highest BCUT2D eigenvalue weighted by Crippen LogP contribution is 2.40. The molecule has 2 aliphatic rings. The molecule has 0 radical (unpaired) electrons. The van der Waals surface area contributed by atoms with Crippen molar-refractivity contribution in [2.75, 3.05) is 13.2 Å². The maximum absolute atomic E-state index is 12.7. The molecule has 2 heterocycles. The van der Waals surface area contributed by atoms with E-state index in [4.69, 9.17) is 25.8 Å². The number of carbonyl (C=O) groups is 2. The van der Waals surface area contributed by atoms with Crippen LogP contribution in [0.5, 0.6) is 11.5 Å². The van der Waals surface area contributed by atoms with Gasteiger partial charge in [0.25, 0.3) is 0 Å². The molecule has 0 bridgehead atoms. The van der Waals surface area contributed by atoms with Gasteiger partial charge in [-0.1, -0.05) is 29.8 Å². The van der Waals surface area contributed by atoms with E-state index in [1.807, 2.05) is 12.1 Å². The minimum absolute atomic E-state index is 0.0422. The van der Waals surface area contributed by atoms with Crippen LogP contribution in [0.3, 0.4) is 0 Å². The van der Waals surface area contributed by atoms with E-state index in [2.05, 4.69) is 5.32 Å². The van der Waals surface area contributed by atoms with Gasteiger partial charge in [-0.3, -0.25) is 9.59 Å². The van der Waals surface area contributed by atoms with E-state index < -0.39 is 18.0 Å². The van der Waals surface area contributed by atoms with E-state index in [1.165, 1.54) is 0 Å². The van der Waals surface area contributed by atoms with Gasteiger partial charge in [0, 0.05) is 11.6 Å². The largest absolute Gasteiger partial charge is 0.486 e. The highest BCUT2D eigenvalue weighted by Gasteiger charge is 2.41. The van der Waals surface area contributed by atoms with Crippen molar-refractivity contribution < 1.29 is 23.8 Å². The molecule has 1 saturated heterocycles. The lowest BCUT2D eigenvalue weighted by atomic mass is 9.94. The van der Waals surface area contributed by atoms with E-state index in [1.54, 1.807) is 30.3 Å². The quantitative estimate of drug-likeness (QED) is 0.816. The summed E-state index contributed by atoms with van der Waals surface area (Å²) in [7, 11) is 0. The van der Waals surface area contributed by atoms with E-state index in [0.717, 1.165) is 5.56 Å². The van der Waals surface area contributed by atoms with Crippen molar-refractivity contribution in [1.82, 2.24) is 5.32 Å². The zero-order valence-corrected chi connectivity index (χ0v) is 15.2. The summed E-state index contributed by atoms with van der Waals surface area (Å²) in [5.41, 5.74) is 1.60. The third-order valence-electron chi connectivity index (χ3n) is 4.60. The van der Waals surface area contributed by atoms with E-state index in [9.17, 15) is 9.59 Å². The second-order valence-electron chi connectivity index (χ2n) is 6.47. The minimum atomic E-state index is -0.646. The van der Waals surface area contributed by atoms with Gasteiger partial charge in [0.15, 0.2) is 11.5 Å². The Labute approximate surface area is 161 Å². The fraction of sp³-hybridized carbons (Fsp3) is 0.300. The third-order valence-corrected chi connectivity index (χ3v) is 4.83. The van der Waals surface area contributed by atoms with Crippen molar-refractivity contribution in [3.63, 3.8) is 0 Å². The first kappa shape index (κ1) is 17.7. The van der Waals surface area contributed by atoms with Crippen LogP contribution in [0.15, 0.2) is 42.5 Å². The third kappa shape index (κ3) is 3.85. The zero-order valence-electron chi connectivity index (χ0n) is 14.4. The Morgan fingerprint density at radius 2 is 1.93 bits per heavy atom. The number of fused-ring (bicyclic) bond motifs is 1. The Kier molecular flexibility index (Phi) is 4.90. The average Bonchev–Trinajstić information content (AvgIpc) is 3.07. The van der Waals surface area contributed by atoms with Gasteiger partial charge in [-0.05, 0) is 35.4 Å². The number of amides is 1. The Bertz CT molecular complexity index is 884. The predicted molar refractivity (Wildman–Crippen MR) is 97.7 cm³/mol. The Balaban J connectivity index is 1.49. The fourth-order valence-electron chi connectivity index (χ4n) is 3.29. The molecule has 6 nitrogen and oxygen atoms in total. The van der Waals surface area contributed by atoms with Gasteiger partial charge < -0.3 is 19.5 Å². The fourth-order valence-corrected chi connectivity index (χ4v) is 3.51. The molecule has 2 aliphatic heterocycles. The lowest BCUT2D eigenvalue weighted by Gasteiger charge is -2.22. The van der Waals surface area contributed by atoms with Gasteiger partial charge in [-0.2, -0.15) is 0 Å². The second-order valence-corrected chi connectivity index (χ2v) is 6.91. The average molecular weight is 388 g/mol.